The summed E-state index contributed by atoms with van der Waals surface area (Å²) in [6, 6.07) is 15.4. The molecule has 0 amide bonds. The van der Waals surface area contributed by atoms with Gasteiger partial charge in [0.2, 0.25) is 0 Å². The lowest BCUT2D eigenvalue weighted by Crippen LogP contribution is -2.04. The average molecular weight is 278 g/mol. The van der Waals surface area contributed by atoms with Gasteiger partial charge in [0.1, 0.15) is 5.75 Å². The Balaban J connectivity index is 2.12. The van der Waals surface area contributed by atoms with Gasteiger partial charge in [0.25, 0.3) is 0 Å². The van der Waals surface area contributed by atoms with Crippen molar-refractivity contribution in [3.8, 4) is 11.8 Å². The number of fused-ring (bicyclic) bond motifs is 1. The van der Waals surface area contributed by atoms with E-state index in [1.165, 1.54) is 0 Å². The monoisotopic (exact) mass is 278 g/mol. The molecular formula is C16H14N4O. The van der Waals surface area contributed by atoms with Crippen molar-refractivity contribution in [1.82, 2.24) is 9.78 Å². The fourth-order valence-electron chi connectivity index (χ4n) is 2.45. The van der Waals surface area contributed by atoms with Crippen LogP contribution in [0.15, 0.2) is 42.5 Å². The van der Waals surface area contributed by atoms with Crippen LogP contribution < -0.4 is 10.5 Å². The molecule has 0 aliphatic rings. The number of nitrogens with two attached hydrogens (primary N) is 1. The number of hydrogen-bond donors (Lipinski definition) is 1. The number of anilines is 1. The van der Waals surface area contributed by atoms with Gasteiger partial charge in [0.05, 0.1) is 36.2 Å². The highest BCUT2D eigenvalue weighted by Gasteiger charge is 2.13. The molecule has 0 aliphatic heterocycles. The van der Waals surface area contributed by atoms with E-state index in [1.807, 2.05) is 36.4 Å². The molecule has 0 atom stereocenters. The highest BCUT2D eigenvalue weighted by atomic mass is 16.5. The van der Waals surface area contributed by atoms with E-state index in [0.717, 1.165) is 16.5 Å². The number of methoxy groups -OCH3 is 1. The molecule has 5 heteroatoms. The Labute approximate surface area is 122 Å². The predicted molar refractivity (Wildman–Crippen MR) is 81.0 cm³/mol. The summed E-state index contributed by atoms with van der Waals surface area (Å²) in [6.45, 7) is 0.491. The number of benzene rings is 2. The third-order valence-corrected chi connectivity index (χ3v) is 3.44. The molecule has 0 bridgehead atoms. The largest absolute Gasteiger partial charge is 0.496 e. The first-order valence-electron chi connectivity index (χ1n) is 6.51. The van der Waals surface area contributed by atoms with E-state index >= 15 is 0 Å². The Morgan fingerprint density at radius 2 is 2.05 bits per heavy atom. The first kappa shape index (κ1) is 13.0. The van der Waals surface area contributed by atoms with Gasteiger partial charge in [-0.25, -0.2) is 0 Å². The molecule has 1 aromatic heterocycles. The fourth-order valence-corrected chi connectivity index (χ4v) is 2.45. The van der Waals surface area contributed by atoms with Crippen LogP contribution in [0.4, 0.5) is 5.82 Å². The lowest BCUT2D eigenvalue weighted by atomic mass is 10.1. The molecule has 3 rings (SSSR count). The minimum absolute atomic E-state index is 0.428. The van der Waals surface area contributed by atoms with Crippen molar-refractivity contribution in [3.63, 3.8) is 0 Å². The van der Waals surface area contributed by atoms with Crippen molar-refractivity contribution < 1.29 is 4.74 Å². The molecule has 0 spiro atoms. The first-order valence-corrected chi connectivity index (χ1v) is 6.51. The van der Waals surface area contributed by atoms with Gasteiger partial charge in [-0.2, -0.15) is 10.4 Å². The van der Waals surface area contributed by atoms with Gasteiger partial charge in [-0.15, -0.1) is 0 Å². The molecule has 5 nitrogen and oxygen atoms in total. The zero-order valence-electron chi connectivity index (χ0n) is 11.6. The average Bonchev–Trinajstić information content (AvgIpc) is 2.84. The van der Waals surface area contributed by atoms with E-state index in [2.05, 4.69) is 11.2 Å². The van der Waals surface area contributed by atoms with E-state index < -0.39 is 0 Å². The van der Waals surface area contributed by atoms with Gasteiger partial charge in [-0.05, 0) is 23.8 Å². The maximum Gasteiger partial charge on any atom is 0.157 e. The summed E-state index contributed by atoms with van der Waals surface area (Å²) in [5, 5.41) is 14.3. The van der Waals surface area contributed by atoms with Gasteiger partial charge >= 0.3 is 0 Å². The lowest BCUT2D eigenvalue weighted by molar-refractivity contribution is 0.420. The molecule has 0 saturated carbocycles. The summed E-state index contributed by atoms with van der Waals surface area (Å²) < 4.78 is 7.13. The summed E-state index contributed by atoms with van der Waals surface area (Å²) in [4.78, 5) is 0. The van der Waals surface area contributed by atoms with Crippen LogP contribution in [0.1, 0.15) is 11.1 Å². The van der Waals surface area contributed by atoms with Crippen LogP contribution in [-0.2, 0) is 6.54 Å². The molecule has 0 unspecified atom stereocenters. The van der Waals surface area contributed by atoms with Gasteiger partial charge < -0.3 is 10.5 Å². The number of nitrogen functional groups attached to an aromatic ring is 1. The molecule has 104 valence electrons. The van der Waals surface area contributed by atoms with Gasteiger partial charge in [0.15, 0.2) is 5.82 Å². The molecule has 21 heavy (non-hydrogen) atoms. The first-order chi connectivity index (χ1) is 10.2. The summed E-state index contributed by atoms with van der Waals surface area (Å²) in [7, 11) is 1.61. The van der Waals surface area contributed by atoms with Crippen molar-refractivity contribution in [2.75, 3.05) is 12.8 Å². The van der Waals surface area contributed by atoms with Crippen LogP contribution in [-0.4, -0.2) is 16.9 Å². The molecular weight excluding hydrogens is 264 g/mol. The number of aromatic nitrogens is 2. The van der Waals surface area contributed by atoms with Crippen molar-refractivity contribution in [2.24, 2.45) is 0 Å². The Morgan fingerprint density at radius 3 is 2.81 bits per heavy atom. The van der Waals surface area contributed by atoms with Crippen molar-refractivity contribution >= 4 is 16.7 Å². The fraction of sp³-hybridized carbons (Fsp3) is 0.125. The second kappa shape index (κ2) is 5.17. The van der Waals surface area contributed by atoms with Crippen molar-refractivity contribution in [2.45, 2.75) is 6.54 Å². The smallest absolute Gasteiger partial charge is 0.157 e. The van der Waals surface area contributed by atoms with E-state index in [4.69, 9.17) is 10.5 Å². The quantitative estimate of drug-likeness (QED) is 0.798. The molecule has 0 aliphatic carbocycles. The molecule has 0 radical (unpaired) electrons. The highest BCUT2D eigenvalue weighted by Crippen LogP contribution is 2.30. The summed E-state index contributed by atoms with van der Waals surface area (Å²) in [6.07, 6.45) is 0. The molecule has 0 fully saturated rings. The number of rotatable bonds is 3. The number of ether oxygens (including phenoxy) is 1. The van der Waals surface area contributed by atoms with Crippen LogP contribution in [0, 0.1) is 11.3 Å². The minimum Gasteiger partial charge on any atom is -0.496 e. The maximum absolute atomic E-state index is 9.17. The lowest BCUT2D eigenvalue weighted by Gasteiger charge is -2.06. The van der Waals surface area contributed by atoms with Crippen molar-refractivity contribution in [1.29, 1.82) is 5.26 Å². The Morgan fingerprint density at radius 1 is 1.24 bits per heavy atom. The third-order valence-electron chi connectivity index (χ3n) is 3.44. The summed E-state index contributed by atoms with van der Waals surface area (Å²) in [5.41, 5.74) is 8.44. The second-order valence-electron chi connectivity index (χ2n) is 4.67. The van der Waals surface area contributed by atoms with Crippen LogP contribution in [0.3, 0.4) is 0 Å². The number of hydrogen-bond acceptors (Lipinski definition) is 4. The Kier molecular flexibility index (Phi) is 3.20. The molecule has 0 saturated heterocycles. The zero-order valence-corrected chi connectivity index (χ0v) is 11.6. The topological polar surface area (TPSA) is 76.9 Å². The number of nitriles is 1. The highest BCUT2D eigenvalue weighted by molar-refractivity contribution is 5.94. The van der Waals surface area contributed by atoms with Crippen LogP contribution >= 0.6 is 0 Å². The normalized spacial score (nSPS) is 10.5. The maximum atomic E-state index is 9.17. The van der Waals surface area contributed by atoms with E-state index in [9.17, 15) is 5.26 Å². The van der Waals surface area contributed by atoms with Crippen LogP contribution in [0.5, 0.6) is 5.75 Å². The Hall–Kier alpha value is -3.00. The molecule has 3 aromatic rings. The molecule has 2 N–H and O–H groups in total. The predicted octanol–water partition coefficient (Wildman–Crippen LogP) is 2.55. The zero-order chi connectivity index (χ0) is 14.8. The van der Waals surface area contributed by atoms with Gasteiger partial charge in [0, 0.05) is 0 Å². The van der Waals surface area contributed by atoms with Gasteiger partial charge in [-0.1, -0.05) is 24.3 Å². The molecule has 2 aromatic carbocycles. The second-order valence-corrected chi connectivity index (χ2v) is 4.67. The van der Waals surface area contributed by atoms with Crippen LogP contribution in [0.25, 0.3) is 10.9 Å². The third kappa shape index (κ3) is 2.17. The summed E-state index contributed by atoms with van der Waals surface area (Å²) >= 11 is 0. The summed E-state index contributed by atoms with van der Waals surface area (Å²) in [5.74, 6) is 1.13. The SMILES string of the molecule is COc1cccc2c1c(N)nn2Cc1ccccc1C#N. The Bertz CT molecular complexity index is 845. The van der Waals surface area contributed by atoms with E-state index in [0.29, 0.717) is 23.7 Å². The number of nitrogens with zero attached hydrogens (tertiary/aromatic N) is 3. The van der Waals surface area contributed by atoms with Gasteiger partial charge in [-0.3, -0.25) is 4.68 Å². The van der Waals surface area contributed by atoms with E-state index in [-0.39, 0.29) is 0 Å². The van der Waals surface area contributed by atoms with E-state index in [1.54, 1.807) is 17.9 Å². The van der Waals surface area contributed by atoms with Crippen molar-refractivity contribution in [3.05, 3.63) is 53.6 Å². The van der Waals surface area contributed by atoms with Crippen LogP contribution in [0.2, 0.25) is 0 Å². The molecule has 1 heterocycles. The standard InChI is InChI=1S/C16H14N4O/c1-21-14-8-4-7-13-15(14)16(18)19-20(13)10-12-6-3-2-5-11(12)9-17/h2-8H,10H2,1H3,(H2,18,19). The minimum atomic E-state index is 0.428.